The lowest BCUT2D eigenvalue weighted by Crippen LogP contribution is -2.00. The van der Waals surface area contributed by atoms with Crippen LogP contribution in [-0.2, 0) is 9.53 Å². The van der Waals surface area contributed by atoms with Crippen LogP contribution in [-0.4, -0.2) is 27.6 Å². The summed E-state index contributed by atoms with van der Waals surface area (Å²) in [6.45, 7) is 0.222. The molecule has 2 aromatic rings. The Bertz CT molecular complexity index is 618. The molecule has 0 saturated carbocycles. The molecule has 0 bridgehead atoms. The van der Waals surface area contributed by atoms with E-state index >= 15 is 0 Å². The minimum atomic E-state index is -0.354. The van der Waals surface area contributed by atoms with Crippen LogP contribution in [0, 0.1) is 0 Å². The Morgan fingerprint density at radius 3 is 3.06 bits per heavy atom. The van der Waals surface area contributed by atoms with Crippen molar-refractivity contribution in [1.82, 2.24) is 15.0 Å². The van der Waals surface area contributed by atoms with E-state index in [1.807, 2.05) is 0 Å². The molecule has 16 heavy (non-hydrogen) atoms. The zero-order chi connectivity index (χ0) is 11.1. The first-order valence-electron chi connectivity index (χ1n) is 4.63. The van der Waals surface area contributed by atoms with E-state index in [1.165, 1.54) is 6.08 Å². The Labute approximate surface area is 95.3 Å². The van der Waals surface area contributed by atoms with Gasteiger partial charge in [-0.05, 0) is 18.2 Å². The smallest absolute Gasteiger partial charge is 0.333 e. The Hall–Kier alpha value is -1.88. The molecule has 0 N–H and O–H groups in total. The molecule has 0 saturated heterocycles. The van der Waals surface area contributed by atoms with Gasteiger partial charge in [-0.2, -0.15) is 0 Å². The zero-order valence-electron chi connectivity index (χ0n) is 8.05. The molecule has 0 atom stereocenters. The molecule has 0 unspecified atom stereocenters. The SMILES string of the molecule is O=C1C=C(n2nnc3cc(Cl)ccc32)CO1. The maximum absolute atomic E-state index is 11.0. The Morgan fingerprint density at radius 1 is 1.44 bits per heavy atom. The summed E-state index contributed by atoms with van der Waals surface area (Å²) in [5, 5.41) is 8.53. The molecule has 2 heterocycles. The predicted molar refractivity (Wildman–Crippen MR) is 57.8 cm³/mol. The van der Waals surface area contributed by atoms with Crippen LogP contribution >= 0.6 is 11.6 Å². The van der Waals surface area contributed by atoms with Crippen LogP contribution in [0.2, 0.25) is 5.02 Å². The normalized spacial score (nSPS) is 15.3. The lowest BCUT2D eigenvalue weighted by Gasteiger charge is -2.00. The summed E-state index contributed by atoms with van der Waals surface area (Å²) in [6.07, 6.45) is 1.41. The number of fused-ring (bicyclic) bond motifs is 1. The van der Waals surface area contributed by atoms with Crippen LogP contribution < -0.4 is 0 Å². The number of rotatable bonds is 1. The standard InChI is InChI=1S/C10H6ClN3O2/c11-6-1-2-9-8(3-6)12-13-14(9)7-4-10(15)16-5-7/h1-4H,5H2. The van der Waals surface area contributed by atoms with Gasteiger partial charge in [-0.1, -0.05) is 16.8 Å². The predicted octanol–water partition coefficient (Wildman–Crippen LogP) is 1.48. The van der Waals surface area contributed by atoms with Crippen LogP contribution in [0.15, 0.2) is 24.3 Å². The van der Waals surface area contributed by atoms with E-state index in [4.69, 9.17) is 16.3 Å². The summed E-state index contributed by atoms with van der Waals surface area (Å²) >= 11 is 5.84. The average Bonchev–Trinajstić information content (AvgIpc) is 2.83. The monoisotopic (exact) mass is 235 g/mol. The van der Waals surface area contributed by atoms with Gasteiger partial charge in [0.05, 0.1) is 11.2 Å². The number of ether oxygens (including phenoxy) is 1. The average molecular weight is 236 g/mol. The van der Waals surface area contributed by atoms with Crippen molar-refractivity contribution in [3.05, 3.63) is 29.3 Å². The number of hydrogen-bond donors (Lipinski definition) is 0. The van der Waals surface area contributed by atoms with Crippen LogP contribution in [0.5, 0.6) is 0 Å². The first-order valence-corrected chi connectivity index (χ1v) is 5.00. The molecule has 1 aromatic carbocycles. The van der Waals surface area contributed by atoms with Crippen LogP contribution in [0.3, 0.4) is 0 Å². The molecular weight excluding hydrogens is 230 g/mol. The third kappa shape index (κ3) is 1.37. The van der Waals surface area contributed by atoms with Gasteiger partial charge in [-0.15, -0.1) is 5.10 Å². The van der Waals surface area contributed by atoms with Gasteiger partial charge in [0.1, 0.15) is 12.1 Å². The molecule has 1 aliphatic rings. The van der Waals surface area contributed by atoms with E-state index in [0.29, 0.717) is 16.2 Å². The molecule has 0 aliphatic carbocycles. The van der Waals surface area contributed by atoms with Gasteiger partial charge in [-0.25, -0.2) is 9.48 Å². The highest BCUT2D eigenvalue weighted by atomic mass is 35.5. The van der Waals surface area contributed by atoms with Gasteiger partial charge in [0.15, 0.2) is 0 Å². The summed E-state index contributed by atoms with van der Waals surface area (Å²) in [6, 6.07) is 5.28. The fourth-order valence-corrected chi connectivity index (χ4v) is 1.76. The first-order chi connectivity index (χ1) is 7.74. The third-order valence-electron chi connectivity index (χ3n) is 2.33. The highest BCUT2D eigenvalue weighted by molar-refractivity contribution is 6.31. The second kappa shape index (κ2) is 3.31. The molecule has 0 radical (unpaired) electrons. The number of halogens is 1. The van der Waals surface area contributed by atoms with E-state index < -0.39 is 0 Å². The maximum Gasteiger partial charge on any atom is 0.333 e. The number of carbonyl (C=O) groups excluding carboxylic acids is 1. The number of aromatic nitrogens is 3. The largest absolute Gasteiger partial charge is 0.456 e. The Balaban J connectivity index is 2.18. The molecule has 0 fully saturated rings. The van der Waals surface area contributed by atoms with E-state index in [9.17, 15) is 4.79 Å². The maximum atomic E-state index is 11.0. The third-order valence-corrected chi connectivity index (χ3v) is 2.56. The molecule has 80 valence electrons. The van der Waals surface area contributed by atoms with Gasteiger partial charge >= 0.3 is 5.97 Å². The molecular formula is C10H6ClN3O2. The van der Waals surface area contributed by atoms with Gasteiger partial charge in [0, 0.05) is 11.1 Å². The van der Waals surface area contributed by atoms with Crippen molar-refractivity contribution in [2.45, 2.75) is 0 Å². The van der Waals surface area contributed by atoms with Gasteiger partial charge in [0.2, 0.25) is 0 Å². The molecule has 1 aromatic heterocycles. The second-order valence-corrected chi connectivity index (χ2v) is 3.81. The quantitative estimate of drug-likeness (QED) is 0.703. The van der Waals surface area contributed by atoms with E-state index in [0.717, 1.165) is 5.52 Å². The van der Waals surface area contributed by atoms with Crippen LogP contribution in [0.4, 0.5) is 0 Å². The molecule has 1 aliphatic heterocycles. The number of benzene rings is 1. The first kappa shape index (κ1) is 9.35. The summed E-state index contributed by atoms with van der Waals surface area (Å²) in [4.78, 5) is 11.0. The van der Waals surface area contributed by atoms with Crippen molar-refractivity contribution in [3.63, 3.8) is 0 Å². The zero-order valence-corrected chi connectivity index (χ0v) is 8.81. The van der Waals surface area contributed by atoms with Gasteiger partial charge in [-0.3, -0.25) is 0 Å². The van der Waals surface area contributed by atoms with E-state index in [1.54, 1.807) is 22.9 Å². The molecule has 0 amide bonds. The minimum absolute atomic E-state index is 0.222. The Kier molecular flexibility index (Phi) is 1.94. The lowest BCUT2D eigenvalue weighted by atomic mass is 10.3. The van der Waals surface area contributed by atoms with Crippen molar-refractivity contribution in [1.29, 1.82) is 0 Å². The van der Waals surface area contributed by atoms with Crippen LogP contribution in [0.1, 0.15) is 0 Å². The molecule has 6 heteroatoms. The van der Waals surface area contributed by atoms with Gasteiger partial charge < -0.3 is 4.74 Å². The Morgan fingerprint density at radius 2 is 2.31 bits per heavy atom. The second-order valence-electron chi connectivity index (χ2n) is 3.38. The highest BCUT2D eigenvalue weighted by Gasteiger charge is 2.17. The fourth-order valence-electron chi connectivity index (χ4n) is 1.60. The summed E-state index contributed by atoms with van der Waals surface area (Å²) in [5.41, 5.74) is 2.16. The number of hydrogen-bond acceptors (Lipinski definition) is 4. The summed E-state index contributed by atoms with van der Waals surface area (Å²) < 4.78 is 6.40. The van der Waals surface area contributed by atoms with Crippen LogP contribution in [0.25, 0.3) is 16.7 Å². The highest BCUT2D eigenvalue weighted by Crippen LogP contribution is 2.21. The number of nitrogens with zero attached hydrogens (tertiary/aromatic N) is 3. The number of esters is 1. The summed E-state index contributed by atoms with van der Waals surface area (Å²) in [5.74, 6) is -0.354. The lowest BCUT2D eigenvalue weighted by molar-refractivity contribution is -0.134. The number of cyclic esters (lactones) is 1. The topological polar surface area (TPSA) is 57.0 Å². The van der Waals surface area contributed by atoms with Crippen molar-refractivity contribution in [3.8, 4) is 0 Å². The summed E-state index contributed by atoms with van der Waals surface area (Å²) in [7, 11) is 0. The van der Waals surface area contributed by atoms with E-state index in [-0.39, 0.29) is 12.6 Å². The van der Waals surface area contributed by atoms with Crippen molar-refractivity contribution in [2.75, 3.05) is 6.61 Å². The van der Waals surface area contributed by atoms with Crippen molar-refractivity contribution in [2.24, 2.45) is 0 Å². The van der Waals surface area contributed by atoms with E-state index in [2.05, 4.69) is 10.3 Å². The van der Waals surface area contributed by atoms with Crippen molar-refractivity contribution < 1.29 is 9.53 Å². The fraction of sp³-hybridized carbons (Fsp3) is 0.100. The molecule has 3 rings (SSSR count). The minimum Gasteiger partial charge on any atom is -0.456 e. The molecule has 5 nitrogen and oxygen atoms in total. The number of carbonyl (C=O) groups is 1. The van der Waals surface area contributed by atoms with Gasteiger partial charge in [0.25, 0.3) is 0 Å². The molecule has 0 spiro atoms. The van der Waals surface area contributed by atoms with Crippen molar-refractivity contribution >= 4 is 34.3 Å².